The minimum Gasteiger partial charge on any atom is -0.475 e. The monoisotopic (exact) mass is 436 g/mol. The Balaban J connectivity index is 0.000000339. The van der Waals surface area contributed by atoms with Gasteiger partial charge in [0, 0.05) is 36.9 Å². The number of carbonyl (C=O) groups excluding carboxylic acids is 1. The second kappa shape index (κ2) is 9.47. The van der Waals surface area contributed by atoms with E-state index in [4.69, 9.17) is 14.6 Å². The number of amides is 1. The van der Waals surface area contributed by atoms with Crippen LogP contribution in [0.4, 0.5) is 24.5 Å². The van der Waals surface area contributed by atoms with Crippen LogP contribution in [0.5, 0.6) is 0 Å². The molecule has 3 heterocycles. The highest BCUT2D eigenvalue weighted by Crippen LogP contribution is 2.19. The van der Waals surface area contributed by atoms with Crippen molar-refractivity contribution in [2.45, 2.75) is 6.18 Å². The number of pyridine rings is 1. The van der Waals surface area contributed by atoms with Gasteiger partial charge in [-0.2, -0.15) is 13.2 Å². The number of nitrogens with zero attached hydrogens (tertiary/aromatic N) is 3. The number of hydrogen-bond acceptors (Lipinski definition) is 5. The van der Waals surface area contributed by atoms with Crippen LogP contribution in [0.25, 0.3) is 5.65 Å². The molecular formula is C20H19F3N4O4. The van der Waals surface area contributed by atoms with Gasteiger partial charge in [0.15, 0.2) is 0 Å². The molecule has 11 heteroatoms. The van der Waals surface area contributed by atoms with Crippen LogP contribution in [-0.4, -0.2) is 58.8 Å². The number of morpholine rings is 1. The number of fused-ring (bicyclic) bond motifs is 1. The summed E-state index contributed by atoms with van der Waals surface area (Å²) in [7, 11) is 0. The molecule has 0 spiro atoms. The maximum Gasteiger partial charge on any atom is 0.490 e. The minimum absolute atomic E-state index is 0.210. The van der Waals surface area contributed by atoms with Crippen molar-refractivity contribution in [3.05, 3.63) is 60.6 Å². The Hall–Kier alpha value is -3.60. The fourth-order valence-electron chi connectivity index (χ4n) is 2.82. The zero-order chi connectivity index (χ0) is 22.4. The normalized spacial score (nSPS) is 14.0. The first-order valence-corrected chi connectivity index (χ1v) is 9.22. The first kappa shape index (κ1) is 22.1. The minimum atomic E-state index is -5.08. The van der Waals surface area contributed by atoms with Crippen LogP contribution in [0.1, 0.15) is 10.5 Å². The smallest absolute Gasteiger partial charge is 0.475 e. The number of halogens is 3. The summed E-state index contributed by atoms with van der Waals surface area (Å²) >= 11 is 0. The van der Waals surface area contributed by atoms with Crippen LogP contribution in [0.15, 0.2) is 54.9 Å². The molecule has 1 aliphatic rings. The average Bonchev–Trinajstić information content (AvgIpc) is 3.19. The average molecular weight is 436 g/mol. The van der Waals surface area contributed by atoms with Gasteiger partial charge in [-0.25, -0.2) is 9.78 Å². The summed E-state index contributed by atoms with van der Waals surface area (Å²) in [6.07, 6.45) is -1.48. The van der Waals surface area contributed by atoms with Crippen molar-refractivity contribution in [3.8, 4) is 0 Å². The van der Waals surface area contributed by atoms with Gasteiger partial charge >= 0.3 is 12.1 Å². The van der Waals surface area contributed by atoms with Crippen LogP contribution >= 0.6 is 0 Å². The van der Waals surface area contributed by atoms with E-state index < -0.39 is 12.1 Å². The number of carboxylic acids is 1. The van der Waals surface area contributed by atoms with Crippen LogP contribution in [0, 0.1) is 0 Å². The van der Waals surface area contributed by atoms with E-state index in [9.17, 15) is 18.0 Å². The predicted octanol–water partition coefficient (Wildman–Crippen LogP) is 3.06. The number of aliphatic carboxylic acids is 1. The predicted molar refractivity (Wildman–Crippen MR) is 106 cm³/mol. The van der Waals surface area contributed by atoms with Crippen molar-refractivity contribution in [1.82, 2.24) is 9.38 Å². The molecule has 1 aromatic carbocycles. The number of rotatable bonds is 3. The van der Waals surface area contributed by atoms with Crippen molar-refractivity contribution in [1.29, 1.82) is 0 Å². The molecule has 3 aromatic rings. The Kier molecular flexibility index (Phi) is 6.75. The molecule has 0 atom stereocenters. The van der Waals surface area contributed by atoms with Crippen LogP contribution in [0.2, 0.25) is 0 Å². The van der Waals surface area contributed by atoms with Gasteiger partial charge in [-0.05, 0) is 36.4 Å². The summed E-state index contributed by atoms with van der Waals surface area (Å²) in [5.74, 6) is -2.97. The van der Waals surface area contributed by atoms with E-state index in [0.29, 0.717) is 5.69 Å². The van der Waals surface area contributed by atoms with E-state index >= 15 is 0 Å². The zero-order valence-corrected chi connectivity index (χ0v) is 16.2. The molecule has 2 N–H and O–H groups in total. The summed E-state index contributed by atoms with van der Waals surface area (Å²) in [6, 6.07) is 13.5. The van der Waals surface area contributed by atoms with Gasteiger partial charge < -0.3 is 24.5 Å². The van der Waals surface area contributed by atoms with Gasteiger partial charge in [0.25, 0.3) is 5.91 Å². The van der Waals surface area contributed by atoms with Crippen LogP contribution in [-0.2, 0) is 9.53 Å². The second-order valence-electron chi connectivity index (χ2n) is 6.50. The molecule has 31 heavy (non-hydrogen) atoms. The molecular weight excluding hydrogens is 417 g/mol. The second-order valence-corrected chi connectivity index (χ2v) is 6.50. The zero-order valence-electron chi connectivity index (χ0n) is 16.2. The van der Waals surface area contributed by atoms with Crippen molar-refractivity contribution in [2.75, 3.05) is 36.5 Å². The number of hydrogen-bond donors (Lipinski definition) is 2. The fourth-order valence-corrected chi connectivity index (χ4v) is 2.82. The Morgan fingerprint density at radius 1 is 1.06 bits per heavy atom. The third-order valence-electron chi connectivity index (χ3n) is 4.34. The van der Waals surface area contributed by atoms with E-state index in [1.165, 1.54) is 0 Å². The van der Waals surface area contributed by atoms with E-state index in [-0.39, 0.29) is 5.91 Å². The third kappa shape index (κ3) is 5.95. The maximum atomic E-state index is 12.4. The van der Waals surface area contributed by atoms with E-state index in [0.717, 1.165) is 43.3 Å². The molecule has 2 aromatic heterocycles. The molecule has 0 radical (unpaired) electrons. The highest BCUT2D eigenvalue weighted by Gasteiger charge is 2.38. The highest BCUT2D eigenvalue weighted by atomic mass is 19.4. The first-order valence-electron chi connectivity index (χ1n) is 9.22. The summed E-state index contributed by atoms with van der Waals surface area (Å²) in [5, 5.41) is 10.0. The highest BCUT2D eigenvalue weighted by molar-refractivity contribution is 6.03. The van der Waals surface area contributed by atoms with Gasteiger partial charge in [-0.3, -0.25) is 4.79 Å². The van der Waals surface area contributed by atoms with Crippen molar-refractivity contribution in [3.63, 3.8) is 0 Å². The topological polar surface area (TPSA) is 96.2 Å². The van der Waals surface area contributed by atoms with Gasteiger partial charge in [-0.15, -0.1) is 0 Å². The number of carboxylic acid groups (broad SMARTS) is 1. The molecule has 0 unspecified atom stereocenters. The summed E-state index contributed by atoms with van der Waals surface area (Å²) in [4.78, 5) is 27.9. The van der Waals surface area contributed by atoms with E-state index in [1.54, 1.807) is 6.20 Å². The molecule has 1 aliphatic heterocycles. The largest absolute Gasteiger partial charge is 0.490 e. The third-order valence-corrected chi connectivity index (χ3v) is 4.34. The van der Waals surface area contributed by atoms with E-state index in [1.807, 2.05) is 53.1 Å². The lowest BCUT2D eigenvalue weighted by atomic mass is 10.2. The Labute approximate surface area is 174 Å². The summed E-state index contributed by atoms with van der Waals surface area (Å²) in [5.41, 5.74) is 3.06. The molecule has 4 rings (SSSR count). The molecule has 164 valence electrons. The number of alkyl halides is 3. The molecule has 8 nitrogen and oxygen atoms in total. The molecule has 1 fully saturated rings. The first-order chi connectivity index (χ1) is 14.7. The molecule has 0 bridgehead atoms. The number of ether oxygens (including phenoxy) is 1. The fraction of sp³-hybridized carbons (Fsp3) is 0.250. The molecule has 1 saturated heterocycles. The standard InChI is InChI=1S/C18H18N4O2.C2HF3O2/c23-18(16-13-22-8-2-1-3-17(22)20-16)19-14-4-6-15(7-5-14)21-9-11-24-12-10-21;3-2(4,5)1(6)7/h1-8,13H,9-12H2,(H,19,23);(H,6,7). The Bertz CT molecular complexity index is 1010. The van der Waals surface area contributed by atoms with Crippen molar-refractivity contribution in [2.24, 2.45) is 0 Å². The Morgan fingerprint density at radius 3 is 2.29 bits per heavy atom. The quantitative estimate of drug-likeness (QED) is 0.655. The lowest BCUT2D eigenvalue weighted by Gasteiger charge is -2.28. The number of nitrogens with one attached hydrogen (secondary N) is 1. The molecule has 0 saturated carbocycles. The van der Waals surface area contributed by atoms with Crippen LogP contribution in [0.3, 0.4) is 0 Å². The number of aromatic nitrogens is 2. The lowest BCUT2D eigenvalue weighted by molar-refractivity contribution is -0.192. The maximum absolute atomic E-state index is 12.4. The number of benzene rings is 1. The summed E-state index contributed by atoms with van der Waals surface area (Å²) < 4.78 is 38.9. The van der Waals surface area contributed by atoms with Gasteiger partial charge in [0.2, 0.25) is 0 Å². The van der Waals surface area contributed by atoms with Crippen molar-refractivity contribution < 1.29 is 32.6 Å². The van der Waals surface area contributed by atoms with E-state index in [2.05, 4.69) is 15.2 Å². The van der Waals surface area contributed by atoms with Gasteiger partial charge in [0.05, 0.1) is 13.2 Å². The summed E-state index contributed by atoms with van der Waals surface area (Å²) in [6.45, 7) is 3.30. The Morgan fingerprint density at radius 2 is 1.71 bits per heavy atom. The molecule has 1 amide bonds. The van der Waals surface area contributed by atoms with Gasteiger partial charge in [0.1, 0.15) is 11.3 Å². The lowest BCUT2D eigenvalue weighted by Crippen LogP contribution is -2.36. The number of carbonyl (C=O) groups is 2. The van der Waals surface area contributed by atoms with Gasteiger partial charge in [-0.1, -0.05) is 6.07 Å². The number of imidazole rings is 1. The number of anilines is 2. The SMILES string of the molecule is O=C(Nc1ccc(N2CCOCC2)cc1)c1cn2ccccc2n1.O=C(O)C(F)(F)F. The van der Waals surface area contributed by atoms with Crippen LogP contribution < -0.4 is 10.2 Å². The van der Waals surface area contributed by atoms with Crippen molar-refractivity contribution >= 4 is 28.9 Å². The molecule has 0 aliphatic carbocycles.